The largest absolute Gasteiger partial charge is 0.497 e. The molecule has 0 saturated heterocycles. The fourth-order valence-corrected chi connectivity index (χ4v) is 4.54. The van der Waals surface area contributed by atoms with Gasteiger partial charge >= 0.3 is 0 Å². The van der Waals surface area contributed by atoms with Crippen LogP contribution in [0.15, 0.2) is 42.5 Å². The summed E-state index contributed by atoms with van der Waals surface area (Å²) in [5.74, 6) is 0.351. The van der Waals surface area contributed by atoms with Crippen LogP contribution >= 0.6 is 23.2 Å². The van der Waals surface area contributed by atoms with Crippen LogP contribution in [0.25, 0.3) is 0 Å². The van der Waals surface area contributed by atoms with E-state index in [1.165, 1.54) is 30.0 Å². The Kier molecular flexibility index (Phi) is 7.20. The summed E-state index contributed by atoms with van der Waals surface area (Å²) < 4.78 is 31.0. The van der Waals surface area contributed by atoms with Gasteiger partial charge in [0, 0.05) is 23.6 Å². The maximum atomic E-state index is 12.9. The molecule has 0 saturated carbocycles. The van der Waals surface area contributed by atoms with Crippen molar-refractivity contribution in [2.24, 2.45) is 0 Å². The molecular weight excluding hydrogens is 423 g/mol. The van der Waals surface area contributed by atoms with E-state index < -0.39 is 16.1 Å². The molecule has 0 unspecified atom stereocenters. The second kappa shape index (κ2) is 9.03. The first kappa shape index (κ1) is 22.3. The lowest BCUT2D eigenvalue weighted by Gasteiger charge is -2.31. The molecule has 1 amide bonds. The van der Waals surface area contributed by atoms with E-state index >= 15 is 0 Å². The Morgan fingerprint density at radius 2 is 1.64 bits per heavy atom. The maximum absolute atomic E-state index is 12.9. The second-order valence-electron chi connectivity index (χ2n) is 6.40. The van der Waals surface area contributed by atoms with Gasteiger partial charge in [0.25, 0.3) is 0 Å². The van der Waals surface area contributed by atoms with Crippen molar-refractivity contribution in [2.75, 3.05) is 24.7 Å². The van der Waals surface area contributed by atoms with Gasteiger partial charge in [-0.25, -0.2) is 8.42 Å². The number of benzene rings is 2. The predicted octanol–water partition coefficient (Wildman–Crippen LogP) is 3.82. The van der Waals surface area contributed by atoms with Crippen LogP contribution in [0.5, 0.6) is 5.75 Å². The van der Waals surface area contributed by atoms with Crippen LogP contribution in [0, 0.1) is 0 Å². The van der Waals surface area contributed by atoms with Crippen molar-refractivity contribution in [3.63, 3.8) is 0 Å². The molecule has 2 aromatic rings. The first-order chi connectivity index (χ1) is 13.0. The molecule has 0 bridgehead atoms. The number of halogens is 2. The Morgan fingerprint density at radius 3 is 2.11 bits per heavy atom. The summed E-state index contributed by atoms with van der Waals surface area (Å²) in [6, 6.07) is 10.7. The molecule has 0 spiro atoms. The lowest BCUT2D eigenvalue weighted by Crippen LogP contribution is -2.48. The zero-order valence-electron chi connectivity index (χ0n) is 16.0. The zero-order valence-corrected chi connectivity index (χ0v) is 18.3. The van der Waals surface area contributed by atoms with E-state index in [1.807, 2.05) is 12.1 Å². The molecular formula is C19H22Cl2N2O4S. The highest BCUT2D eigenvalue weighted by Crippen LogP contribution is 2.29. The Balaban J connectivity index is 2.27. The number of hydrogen-bond acceptors (Lipinski definition) is 4. The van der Waals surface area contributed by atoms with Crippen molar-refractivity contribution in [3.8, 4) is 5.75 Å². The fraction of sp³-hybridized carbons (Fsp3) is 0.316. The summed E-state index contributed by atoms with van der Waals surface area (Å²) in [5.41, 5.74) is 1.12. The average molecular weight is 445 g/mol. The van der Waals surface area contributed by atoms with E-state index in [4.69, 9.17) is 27.9 Å². The number of carbonyl (C=O) groups excluding carboxylic acids is 1. The molecule has 6 nitrogen and oxygen atoms in total. The number of amides is 1. The van der Waals surface area contributed by atoms with Crippen LogP contribution in [0.2, 0.25) is 10.0 Å². The highest BCUT2D eigenvalue weighted by molar-refractivity contribution is 7.92. The quantitative estimate of drug-likeness (QED) is 0.650. The number of hydrogen-bond donors (Lipinski definition) is 0. The molecule has 9 heteroatoms. The van der Waals surface area contributed by atoms with Gasteiger partial charge in [0.05, 0.1) is 19.1 Å². The van der Waals surface area contributed by atoms with Gasteiger partial charge in [0.15, 0.2) is 0 Å². The Labute approximate surface area is 175 Å². The third-order valence-corrected chi connectivity index (χ3v) is 5.80. The fourth-order valence-electron chi connectivity index (χ4n) is 2.87. The van der Waals surface area contributed by atoms with Gasteiger partial charge in [0.2, 0.25) is 15.9 Å². The highest BCUT2D eigenvalue weighted by atomic mass is 35.5. The van der Waals surface area contributed by atoms with Crippen molar-refractivity contribution in [1.82, 2.24) is 4.90 Å². The van der Waals surface area contributed by atoms with Crippen LogP contribution in [-0.4, -0.2) is 45.7 Å². The van der Waals surface area contributed by atoms with Crippen molar-refractivity contribution in [1.29, 1.82) is 0 Å². The minimum Gasteiger partial charge on any atom is -0.497 e. The molecule has 0 fully saturated rings. The number of ether oxygens (including phenoxy) is 1. The zero-order chi connectivity index (χ0) is 21.1. The lowest BCUT2D eigenvalue weighted by atomic mass is 10.2. The van der Waals surface area contributed by atoms with Gasteiger partial charge in [-0.05, 0) is 42.8 Å². The Bertz CT molecular complexity index is 929. The first-order valence-electron chi connectivity index (χ1n) is 8.36. The number of nitrogens with zero attached hydrogens (tertiary/aromatic N) is 2. The number of anilines is 1. The molecule has 0 aliphatic heterocycles. The normalized spacial score (nSPS) is 12.4. The smallest absolute Gasteiger partial charge is 0.246 e. The van der Waals surface area contributed by atoms with E-state index in [-0.39, 0.29) is 21.6 Å². The summed E-state index contributed by atoms with van der Waals surface area (Å²) in [7, 11) is -0.562. The molecule has 2 aromatic carbocycles. The van der Waals surface area contributed by atoms with Gasteiger partial charge in [-0.3, -0.25) is 9.10 Å². The summed E-state index contributed by atoms with van der Waals surface area (Å²) in [5, 5.41) is 0.560. The van der Waals surface area contributed by atoms with Crippen molar-refractivity contribution >= 4 is 44.8 Å². The number of methoxy groups -OCH3 is 1. The van der Waals surface area contributed by atoms with E-state index in [9.17, 15) is 13.2 Å². The highest BCUT2D eigenvalue weighted by Gasteiger charge is 2.31. The van der Waals surface area contributed by atoms with Gasteiger partial charge in [0.1, 0.15) is 11.8 Å². The lowest BCUT2D eigenvalue weighted by molar-refractivity contribution is -0.131. The Hall–Kier alpha value is -1.96. The van der Waals surface area contributed by atoms with Crippen LogP contribution in [0.3, 0.4) is 0 Å². The third-order valence-electron chi connectivity index (χ3n) is 4.12. The SMILES string of the molecule is COc1ccc(CN(C)C(=O)[C@@H](C)N(c2cc(Cl)cc(Cl)c2)S(C)(=O)=O)cc1. The maximum Gasteiger partial charge on any atom is 0.246 e. The molecule has 1 atom stereocenters. The molecule has 0 aliphatic rings. The molecule has 152 valence electrons. The average Bonchev–Trinajstić information content (AvgIpc) is 2.59. The van der Waals surface area contributed by atoms with Gasteiger partial charge < -0.3 is 9.64 Å². The number of likely N-dealkylation sites (N-methyl/N-ethyl adjacent to an activating group) is 1. The van der Waals surface area contributed by atoms with Crippen LogP contribution in [-0.2, 0) is 21.4 Å². The van der Waals surface area contributed by atoms with E-state index in [0.717, 1.165) is 16.1 Å². The van der Waals surface area contributed by atoms with E-state index in [1.54, 1.807) is 26.3 Å². The molecule has 28 heavy (non-hydrogen) atoms. The van der Waals surface area contributed by atoms with Crippen molar-refractivity contribution in [2.45, 2.75) is 19.5 Å². The Morgan fingerprint density at radius 1 is 1.11 bits per heavy atom. The van der Waals surface area contributed by atoms with E-state index in [2.05, 4.69) is 0 Å². The van der Waals surface area contributed by atoms with Gasteiger partial charge in [-0.15, -0.1) is 0 Å². The summed E-state index contributed by atoms with van der Waals surface area (Å²) in [4.78, 5) is 14.4. The standard InChI is InChI=1S/C19H22Cl2N2O4S/c1-13(19(24)22(2)12-14-5-7-18(27-3)8-6-14)23(28(4,25)26)17-10-15(20)9-16(21)11-17/h5-11,13H,12H2,1-4H3/t13-/m1/s1. The first-order valence-corrected chi connectivity index (χ1v) is 11.0. The topological polar surface area (TPSA) is 66.9 Å². The van der Waals surface area contributed by atoms with Crippen molar-refractivity contribution < 1.29 is 17.9 Å². The number of sulfonamides is 1. The number of carbonyl (C=O) groups is 1. The predicted molar refractivity (Wildman–Crippen MR) is 113 cm³/mol. The molecule has 2 rings (SSSR count). The molecule has 0 aliphatic carbocycles. The third kappa shape index (κ3) is 5.53. The minimum atomic E-state index is -3.76. The summed E-state index contributed by atoms with van der Waals surface area (Å²) in [6.45, 7) is 1.85. The van der Waals surface area contributed by atoms with Crippen LogP contribution < -0.4 is 9.04 Å². The minimum absolute atomic E-state index is 0.235. The monoisotopic (exact) mass is 444 g/mol. The molecule has 0 radical (unpaired) electrons. The molecule has 0 aromatic heterocycles. The van der Waals surface area contributed by atoms with Gasteiger partial charge in [-0.2, -0.15) is 0 Å². The second-order valence-corrected chi connectivity index (χ2v) is 9.14. The van der Waals surface area contributed by atoms with Gasteiger partial charge in [-0.1, -0.05) is 35.3 Å². The number of rotatable bonds is 7. The van der Waals surface area contributed by atoms with Crippen LogP contribution in [0.4, 0.5) is 5.69 Å². The van der Waals surface area contributed by atoms with E-state index in [0.29, 0.717) is 12.3 Å². The molecule has 0 heterocycles. The van der Waals surface area contributed by atoms with Crippen LogP contribution in [0.1, 0.15) is 12.5 Å². The van der Waals surface area contributed by atoms with Crippen molar-refractivity contribution in [3.05, 3.63) is 58.1 Å². The molecule has 0 N–H and O–H groups in total. The summed E-state index contributed by atoms with van der Waals surface area (Å²) >= 11 is 12.0. The summed E-state index contributed by atoms with van der Waals surface area (Å²) in [6.07, 6.45) is 1.04.